The summed E-state index contributed by atoms with van der Waals surface area (Å²) in [5, 5.41) is 10.5. The number of hydrogen-bond acceptors (Lipinski definition) is 5. The highest BCUT2D eigenvalue weighted by molar-refractivity contribution is 6.02. The van der Waals surface area contributed by atoms with Gasteiger partial charge in [-0.2, -0.15) is 0 Å². The highest BCUT2D eigenvalue weighted by atomic mass is 16.7. The fraction of sp³-hybridized carbons (Fsp3) is 0.727. The van der Waals surface area contributed by atoms with E-state index in [0.29, 0.717) is 6.42 Å². The third-order valence-electron chi connectivity index (χ3n) is 3.89. The van der Waals surface area contributed by atoms with Crippen LogP contribution in [0.3, 0.4) is 0 Å². The number of carbonyl (C=O) groups is 1. The van der Waals surface area contributed by atoms with Crippen molar-refractivity contribution in [2.75, 3.05) is 7.11 Å². The molecule has 0 aromatic rings. The Balaban J connectivity index is 2.16. The maximum Gasteiger partial charge on any atom is 0.259 e. The molecule has 5 heteroatoms. The topological polar surface area (TPSA) is 68.3 Å². The molecule has 88 valence electrons. The maximum absolute atomic E-state index is 11.9. The van der Waals surface area contributed by atoms with Crippen LogP contribution in [0.4, 0.5) is 0 Å². The number of carbonyl (C=O) groups excluding carboxylic acids is 1. The first-order valence-electron chi connectivity index (χ1n) is 5.30. The second-order valence-electron chi connectivity index (χ2n) is 4.82. The van der Waals surface area contributed by atoms with E-state index in [-0.39, 0.29) is 17.6 Å². The summed E-state index contributed by atoms with van der Waals surface area (Å²) in [6, 6.07) is 0. The van der Waals surface area contributed by atoms with Crippen LogP contribution in [-0.4, -0.2) is 41.1 Å². The van der Waals surface area contributed by atoms with Gasteiger partial charge in [-0.05, 0) is 13.8 Å². The predicted molar refractivity (Wildman–Crippen MR) is 52.4 cm³/mol. The molecule has 0 radical (unpaired) electrons. The van der Waals surface area contributed by atoms with Gasteiger partial charge in [0.25, 0.3) is 5.79 Å². The molecular formula is C11H14O5. The number of ketones is 1. The standard InChI is InChI=1S/C11H14O5/c1-6-5-10-9(2,16-10)7(12)4-8(14-3)11(10,13)15-6/h4,6,13H,5H2,1-3H3. The quantitative estimate of drug-likeness (QED) is 0.643. The molecule has 16 heavy (non-hydrogen) atoms. The Labute approximate surface area is 93.0 Å². The van der Waals surface area contributed by atoms with E-state index in [2.05, 4.69) is 0 Å². The molecule has 0 bridgehead atoms. The van der Waals surface area contributed by atoms with Crippen molar-refractivity contribution in [3.63, 3.8) is 0 Å². The highest BCUT2D eigenvalue weighted by Crippen LogP contribution is 2.66. The third-order valence-corrected chi connectivity index (χ3v) is 3.89. The number of aliphatic hydroxyl groups is 1. The van der Waals surface area contributed by atoms with Gasteiger partial charge in [-0.1, -0.05) is 0 Å². The molecule has 3 rings (SSSR count). The zero-order valence-electron chi connectivity index (χ0n) is 9.44. The number of epoxide rings is 1. The van der Waals surface area contributed by atoms with E-state index in [1.807, 2.05) is 6.92 Å². The van der Waals surface area contributed by atoms with Crippen molar-refractivity contribution in [1.29, 1.82) is 0 Å². The molecule has 0 aromatic carbocycles. The fourth-order valence-electron chi connectivity index (χ4n) is 2.98. The Morgan fingerprint density at radius 1 is 1.62 bits per heavy atom. The third kappa shape index (κ3) is 0.794. The summed E-state index contributed by atoms with van der Waals surface area (Å²) < 4.78 is 16.1. The molecule has 4 atom stereocenters. The van der Waals surface area contributed by atoms with Crippen LogP contribution in [0, 0.1) is 0 Å². The second-order valence-corrected chi connectivity index (χ2v) is 4.82. The van der Waals surface area contributed by atoms with E-state index in [9.17, 15) is 9.90 Å². The van der Waals surface area contributed by atoms with Crippen LogP contribution in [-0.2, 0) is 19.0 Å². The number of rotatable bonds is 1. The summed E-state index contributed by atoms with van der Waals surface area (Å²) in [7, 11) is 1.40. The normalized spacial score (nSPS) is 54.1. The van der Waals surface area contributed by atoms with Crippen LogP contribution in [0.1, 0.15) is 20.3 Å². The minimum Gasteiger partial charge on any atom is -0.495 e. The average Bonchev–Trinajstić information content (AvgIpc) is 2.72. The van der Waals surface area contributed by atoms with E-state index in [4.69, 9.17) is 14.2 Å². The molecule has 2 fully saturated rings. The second kappa shape index (κ2) is 2.50. The summed E-state index contributed by atoms with van der Waals surface area (Å²) >= 11 is 0. The summed E-state index contributed by atoms with van der Waals surface area (Å²) in [6.45, 7) is 3.52. The van der Waals surface area contributed by atoms with Crippen LogP contribution in [0.5, 0.6) is 0 Å². The lowest BCUT2D eigenvalue weighted by Gasteiger charge is -2.32. The molecule has 3 aliphatic rings. The van der Waals surface area contributed by atoms with E-state index in [0.717, 1.165) is 0 Å². The van der Waals surface area contributed by atoms with Gasteiger partial charge in [0.1, 0.15) is 0 Å². The molecule has 0 amide bonds. The molecule has 4 unspecified atom stereocenters. The highest BCUT2D eigenvalue weighted by Gasteiger charge is 2.86. The Morgan fingerprint density at radius 2 is 2.31 bits per heavy atom. The SMILES string of the molecule is COC1=CC(=O)C2(C)OC23CC(C)OC13O. The number of ether oxygens (including phenoxy) is 3. The average molecular weight is 226 g/mol. The minimum absolute atomic E-state index is 0.136. The van der Waals surface area contributed by atoms with Crippen molar-refractivity contribution in [1.82, 2.24) is 0 Å². The zero-order chi connectivity index (χ0) is 11.8. The molecule has 1 spiro atoms. The minimum atomic E-state index is -1.62. The summed E-state index contributed by atoms with van der Waals surface area (Å²) in [5.74, 6) is -1.66. The van der Waals surface area contributed by atoms with Gasteiger partial charge >= 0.3 is 0 Å². The lowest BCUT2D eigenvalue weighted by atomic mass is 9.77. The van der Waals surface area contributed by atoms with Gasteiger partial charge in [0.2, 0.25) is 0 Å². The summed E-state index contributed by atoms with van der Waals surface area (Å²) in [4.78, 5) is 11.9. The first-order valence-corrected chi connectivity index (χ1v) is 5.30. The van der Waals surface area contributed by atoms with Crippen LogP contribution >= 0.6 is 0 Å². The summed E-state index contributed by atoms with van der Waals surface area (Å²) in [6.07, 6.45) is 1.59. The van der Waals surface area contributed by atoms with E-state index < -0.39 is 17.0 Å². The summed E-state index contributed by atoms with van der Waals surface area (Å²) in [5.41, 5.74) is -1.93. The van der Waals surface area contributed by atoms with Gasteiger partial charge in [-0.25, -0.2) is 0 Å². The van der Waals surface area contributed by atoms with E-state index in [1.165, 1.54) is 13.2 Å². The molecule has 1 aliphatic carbocycles. The molecule has 1 N–H and O–H groups in total. The molecule has 0 aromatic heterocycles. The monoisotopic (exact) mass is 226 g/mol. The lowest BCUT2D eigenvalue weighted by Crippen LogP contribution is -2.53. The Hall–Kier alpha value is -0.910. The van der Waals surface area contributed by atoms with Gasteiger partial charge in [0.05, 0.1) is 13.2 Å². The van der Waals surface area contributed by atoms with E-state index >= 15 is 0 Å². The van der Waals surface area contributed by atoms with Crippen LogP contribution in [0.2, 0.25) is 0 Å². The van der Waals surface area contributed by atoms with Gasteiger partial charge in [-0.15, -0.1) is 0 Å². The van der Waals surface area contributed by atoms with Gasteiger partial charge in [0.15, 0.2) is 22.7 Å². The van der Waals surface area contributed by atoms with Crippen LogP contribution in [0.25, 0.3) is 0 Å². The molecule has 2 aliphatic heterocycles. The molecular weight excluding hydrogens is 212 g/mol. The Bertz CT molecular complexity index is 417. The maximum atomic E-state index is 11.9. The van der Waals surface area contributed by atoms with Crippen LogP contribution in [0.15, 0.2) is 11.8 Å². The largest absolute Gasteiger partial charge is 0.495 e. The van der Waals surface area contributed by atoms with Crippen LogP contribution < -0.4 is 0 Å². The molecule has 2 saturated heterocycles. The first-order chi connectivity index (χ1) is 7.39. The van der Waals surface area contributed by atoms with Gasteiger partial charge < -0.3 is 19.3 Å². The lowest BCUT2D eigenvalue weighted by molar-refractivity contribution is -0.209. The number of methoxy groups -OCH3 is 1. The van der Waals surface area contributed by atoms with Crippen molar-refractivity contribution in [3.05, 3.63) is 11.8 Å². The van der Waals surface area contributed by atoms with Crippen molar-refractivity contribution in [2.45, 2.75) is 43.4 Å². The van der Waals surface area contributed by atoms with Gasteiger partial charge in [-0.3, -0.25) is 4.79 Å². The predicted octanol–water partition coefficient (Wildman–Crippen LogP) is 0.125. The molecule has 2 heterocycles. The fourth-order valence-corrected chi connectivity index (χ4v) is 2.98. The number of hydrogen-bond donors (Lipinski definition) is 1. The smallest absolute Gasteiger partial charge is 0.259 e. The van der Waals surface area contributed by atoms with Crippen molar-refractivity contribution < 1.29 is 24.1 Å². The van der Waals surface area contributed by atoms with Gasteiger partial charge in [0, 0.05) is 12.5 Å². The molecule has 5 nitrogen and oxygen atoms in total. The van der Waals surface area contributed by atoms with Crippen molar-refractivity contribution in [2.24, 2.45) is 0 Å². The zero-order valence-corrected chi connectivity index (χ0v) is 9.44. The Morgan fingerprint density at radius 3 is 2.94 bits per heavy atom. The Kier molecular flexibility index (Phi) is 1.60. The first kappa shape index (κ1) is 10.3. The van der Waals surface area contributed by atoms with E-state index in [1.54, 1.807) is 6.92 Å². The van der Waals surface area contributed by atoms with Crippen molar-refractivity contribution in [3.8, 4) is 0 Å². The molecule has 0 saturated carbocycles. The van der Waals surface area contributed by atoms with Crippen molar-refractivity contribution >= 4 is 5.78 Å².